The summed E-state index contributed by atoms with van der Waals surface area (Å²) in [6, 6.07) is 16.7. The van der Waals surface area contributed by atoms with Gasteiger partial charge in [0, 0.05) is 11.6 Å². The van der Waals surface area contributed by atoms with Crippen LogP contribution in [0.15, 0.2) is 65.3 Å². The molecular weight excluding hydrogens is 508 g/mol. The second-order valence-electron chi connectivity index (χ2n) is 7.74. The van der Waals surface area contributed by atoms with E-state index in [1.54, 1.807) is 28.9 Å². The molecule has 182 valence electrons. The number of carbonyl (C=O) groups is 2. The molecule has 2 aromatic carbocycles. The molecule has 0 radical (unpaired) electrons. The van der Waals surface area contributed by atoms with Crippen molar-refractivity contribution in [3.8, 4) is 0 Å². The maximum atomic E-state index is 13.2. The first-order chi connectivity index (χ1) is 16.9. The van der Waals surface area contributed by atoms with E-state index >= 15 is 0 Å². The minimum atomic E-state index is -0.399. The predicted molar refractivity (Wildman–Crippen MR) is 141 cm³/mol. The van der Waals surface area contributed by atoms with Crippen LogP contribution in [0.5, 0.6) is 0 Å². The van der Waals surface area contributed by atoms with Gasteiger partial charge in [-0.15, -0.1) is 0 Å². The van der Waals surface area contributed by atoms with Crippen molar-refractivity contribution >= 4 is 38.6 Å². The fourth-order valence-electron chi connectivity index (χ4n) is 3.63. The summed E-state index contributed by atoms with van der Waals surface area (Å²) in [5, 5.41) is 9.71. The predicted octanol–water partition coefficient (Wildman–Crippen LogP) is 5.85. The summed E-state index contributed by atoms with van der Waals surface area (Å²) in [5.41, 5.74) is 3.28. The lowest BCUT2D eigenvalue weighted by atomic mass is 10.1. The van der Waals surface area contributed by atoms with Crippen LogP contribution in [0, 0.1) is 6.92 Å². The van der Waals surface area contributed by atoms with Gasteiger partial charge in [-0.05, 0) is 58.9 Å². The molecule has 0 spiro atoms. The van der Waals surface area contributed by atoms with Gasteiger partial charge in [0.2, 0.25) is 0 Å². The third-order valence-electron chi connectivity index (χ3n) is 5.45. The molecule has 2 aromatic heterocycles. The number of carbonyl (C=O) groups excluding carboxylic acids is 2. The molecule has 1 unspecified atom stereocenters. The number of esters is 1. The van der Waals surface area contributed by atoms with Gasteiger partial charge < -0.3 is 10.1 Å². The minimum Gasteiger partial charge on any atom is -0.465 e. The topological polar surface area (TPSA) is 86.1 Å². The quantitative estimate of drug-likeness (QED) is 0.312. The van der Waals surface area contributed by atoms with Crippen LogP contribution in [0.2, 0.25) is 0 Å². The Bertz CT molecular complexity index is 1330. The Morgan fingerprint density at radius 3 is 2.40 bits per heavy atom. The van der Waals surface area contributed by atoms with Gasteiger partial charge >= 0.3 is 5.97 Å². The number of hydrogen-bond acceptors (Lipinski definition) is 5. The number of pyridine rings is 1. The highest BCUT2D eigenvalue weighted by Crippen LogP contribution is 2.24. The van der Waals surface area contributed by atoms with E-state index in [9.17, 15) is 9.59 Å². The Morgan fingerprint density at radius 1 is 1.09 bits per heavy atom. The van der Waals surface area contributed by atoms with Crippen LogP contribution in [0.1, 0.15) is 64.6 Å². The van der Waals surface area contributed by atoms with Gasteiger partial charge in [-0.25, -0.2) is 4.79 Å². The zero-order chi connectivity index (χ0) is 25.5. The Balaban J connectivity index is 0.00000167. The van der Waals surface area contributed by atoms with Crippen molar-refractivity contribution in [2.24, 2.45) is 0 Å². The summed E-state index contributed by atoms with van der Waals surface area (Å²) in [7, 11) is 1.34. The molecule has 0 aliphatic heterocycles. The second-order valence-corrected chi connectivity index (χ2v) is 8.53. The van der Waals surface area contributed by atoms with Gasteiger partial charge in [0.25, 0.3) is 5.91 Å². The summed E-state index contributed by atoms with van der Waals surface area (Å²) in [4.78, 5) is 29.4. The number of methoxy groups -OCH3 is 1. The number of nitrogens with zero attached hydrogens (tertiary/aromatic N) is 3. The number of hydrogen-bond donors (Lipinski definition) is 1. The Labute approximate surface area is 213 Å². The number of halogens is 1. The Hall–Kier alpha value is -3.52. The fourth-order valence-corrected chi connectivity index (χ4v) is 4.10. The molecule has 35 heavy (non-hydrogen) atoms. The smallest absolute Gasteiger partial charge is 0.337 e. The van der Waals surface area contributed by atoms with Crippen LogP contribution in [0.25, 0.3) is 10.8 Å². The number of rotatable bonds is 6. The highest BCUT2D eigenvalue weighted by Gasteiger charge is 2.22. The second kappa shape index (κ2) is 11.8. The molecule has 2 heterocycles. The third kappa shape index (κ3) is 5.95. The SMILES string of the molecule is CC.COC(=O)c1ccc(C(C)NC(=O)c2c(Br)c(C)nn2Cc2cc3ccccc3cn2)cc1. The summed E-state index contributed by atoms with van der Waals surface area (Å²) < 4.78 is 7.04. The van der Waals surface area contributed by atoms with Gasteiger partial charge in [0.05, 0.1) is 41.1 Å². The van der Waals surface area contributed by atoms with Gasteiger partial charge in [-0.3, -0.25) is 14.5 Å². The normalized spacial score (nSPS) is 11.4. The number of nitrogens with one attached hydrogen (secondary N) is 1. The van der Waals surface area contributed by atoms with Crippen molar-refractivity contribution < 1.29 is 14.3 Å². The molecule has 0 saturated heterocycles. The average molecular weight is 537 g/mol. The molecule has 0 saturated carbocycles. The highest BCUT2D eigenvalue weighted by atomic mass is 79.9. The molecule has 0 bridgehead atoms. The molecule has 1 N–H and O–H groups in total. The van der Waals surface area contributed by atoms with E-state index in [-0.39, 0.29) is 11.9 Å². The van der Waals surface area contributed by atoms with Crippen molar-refractivity contribution in [3.05, 3.63) is 93.5 Å². The zero-order valence-corrected chi connectivity index (χ0v) is 22.1. The summed E-state index contributed by atoms with van der Waals surface area (Å²) in [6.45, 7) is 8.10. The van der Waals surface area contributed by atoms with E-state index in [4.69, 9.17) is 4.74 Å². The number of fused-ring (bicyclic) bond motifs is 1. The first-order valence-electron chi connectivity index (χ1n) is 11.4. The molecule has 0 fully saturated rings. The molecule has 4 aromatic rings. The van der Waals surface area contributed by atoms with E-state index in [0.717, 1.165) is 27.7 Å². The number of aromatic nitrogens is 3. The molecule has 1 amide bonds. The van der Waals surface area contributed by atoms with Gasteiger partial charge in [-0.1, -0.05) is 50.2 Å². The van der Waals surface area contributed by atoms with E-state index in [0.29, 0.717) is 22.3 Å². The van der Waals surface area contributed by atoms with Gasteiger partial charge in [0.15, 0.2) is 0 Å². The van der Waals surface area contributed by atoms with Crippen molar-refractivity contribution in [1.29, 1.82) is 0 Å². The fraction of sp³-hybridized carbons (Fsp3) is 0.259. The van der Waals surface area contributed by atoms with Crippen LogP contribution < -0.4 is 5.32 Å². The zero-order valence-electron chi connectivity index (χ0n) is 20.5. The number of ether oxygens (including phenoxy) is 1. The first-order valence-corrected chi connectivity index (χ1v) is 12.2. The Kier molecular flexibility index (Phi) is 8.76. The monoisotopic (exact) mass is 536 g/mol. The van der Waals surface area contributed by atoms with E-state index in [2.05, 4.69) is 31.3 Å². The molecule has 7 nitrogen and oxygen atoms in total. The van der Waals surface area contributed by atoms with Gasteiger partial charge in [0.1, 0.15) is 5.69 Å². The van der Waals surface area contributed by atoms with Crippen LogP contribution in [0.3, 0.4) is 0 Å². The van der Waals surface area contributed by atoms with Crippen molar-refractivity contribution in [2.45, 2.75) is 40.3 Å². The number of aryl methyl sites for hydroxylation is 1. The molecular formula is C27H29BrN4O3. The van der Waals surface area contributed by atoms with Crippen LogP contribution in [-0.2, 0) is 11.3 Å². The molecule has 4 rings (SSSR count). The molecule has 8 heteroatoms. The third-order valence-corrected chi connectivity index (χ3v) is 6.40. The number of amides is 1. The summed E-state index contributed by atoms with van der Waals surface area (Å²) >= 11 is 3.52. The van der Waals surface area contributed by atoms with Crippen LogP contribution >= 0.6 is 15.9 Å². The maximum Gasteiger partial charge on any atom is 0.337 e. The lowest BCUT2D eigenvalue weighted by molar-refractivity contribution is 0.0600. The average Bonchev–Trinajstić information content (AvgIpc) is 3.17. The lowest BCUT2D eigenvalue weighted by Gasteiger charge is -2.16. The standard InChI is InChI=1S/C25H23BrN4O3.C2H6/c1-15(17-8-10-18(11-9-17)25(32)33-3)28-24(31)23-22(26)16(2)29-30(23)14-21-12-19-6-4-5-7-20(19)13-27-21;1-2/h4-13,15H,14H2,1-3H3,(H,28,31);1-2H3. The van der Waals surface area contributed by atoms with Gasteiger partial charge in [-0.2, -0.15) is 5.10 Å². The number of benzene rings is 2. The lowest BCUT2D eigenvalue weighted by Crippen LogP contribution is -2.29. The maximum absolute atomic E-state index is 13.2. The van der Waals surface area contributed by atoms with Crippen molar-refractivity contribution in [1.82, 2.24) is 20.1 Å². The largest absolute Gasteiger partial charge is 0.465 e. The molecule has 0 aliphatic rings. The van der Waals surface area contributed by atoms with E-state index in [1.165, 1.54) is 7.11 Å². The minimum absolute atomic E-state index is 0.257. The summed E-state index contributed by atoms with van der Waals surface area (Å²) in [5.74, 6) is -0.656. The molecule has 1 atom stereocenters. The van der Waals surface area contributed by atoms with Crippen LogP contribution in [0.4, 0.5) is 0 Å². The van der Waals surface area contributed by atoms with E-state index < -0.39 is 5.97 Å². The highest BCUT2D eigenvalue weighted by molar-refractivity contribution is 9.10. The van der Waals surface area contributed by atoms with Crippen molar-refractivity contribution in [3.63, 3.8) is 0 Å². The van der Waals surface area contributed by atoms with Crippen LogP contribution in [-0.4, -0.2) is 33.8 Å². The van der Waals surface area contributed by atoms with E-state index in [1.807, 2.05) is 64.2 Å². The first kappa shape index (κ1) is 26.1. The molecule has 0 aliphatic carbocycles. The van der Waals surface area contributed by atoms with Crippen molar-refractivity contribution in [2.75, 3.05) is 7.11 Å². The Morgan fingerprint density at radius 2 is 1.74 bits per heavy atom. The summed E-state index contributed by atoms with van der Waals surface area (Å²) in [6.07, 6.45) is 1.83.